The first-order valence-electron chi connectivity index (χ1n) is 15.1. The summed E-state index contributed by atoms with van der Waals surface area (Å²) in [6.07, 6.45) is 1.77. The average molecular weight is 761 g/mol. The molecule has 0 spiro atoms. The minimum Gasteiger partial charge on any atom is -0.250 e. The molecule has 0 bridgehead atoms. The van der Waals surface area contributed by atoms with Crippen molar-refractivity contribution in [3.63, 3.8) is 0 Å². The molecule has 0 unspecified atom stereocenters. The van der Waals surface area contributed by atoms with Gasteiger partial charge in [-0.3, -0.25) is 0 Å². The van der Waals surface area contributed by atoms with Crippen LogP contribution < -0.4 is 11.4 Å². The second kappa shape index (κ2) is 14.6. The topological polar surface area (TPSA) is 107 Å². The third kappa shape index (κ3) is 6.69. The molecule has 11 heteroatoms. The Morgan fingerprint density at radius 3 is 1.62 bits per heavy atom. The van der Waals surface area contributed by atoms with Gasteiger partial charge in [0.1, 0.15) is 0 Å². The summed E-state index contributed by atoms with van der Waals surface area (Å²) in [6.45, 7) is 4.00. The van der Waals surface area contributed by atoms with E-state index in [1.807, 2.05) is 135 Å². The molecule has 4 heterocycles. The van der Waals surface area contributed by atoms with Crippen LogP contribution in [0.4, 0.5) is 0 Å². The molecule has 0 radical (unpaired) electrons. The van der Waals surface area contributed by atoms with Crippen LogP contribution in [0.5, 0.6) is 0 Å². The summed E-state index contributed by atoms with van der Waals surface area (Å²) in [7, 11) is 0. The molecule has 0 fully saturated rings. The Hall–Kier alpha value is -5.39. The molecule has 0 amide bonds. The molecule has 9 nitrogen and oxygen atoms in total. The molecular formula is C37H27Br2N7O2. The second-order valence-electron chi connectivity index (χ2n) is 10.1. The van der Waals surface area contributed by atoms with E-state index in [0.717, 1.165) is 37.6 Å². The van der Waals surface area contributed by atoms with Gasteiger partial charge in [-0.15, -0.1) is 0 Å². The normalized spacial score (nSPS) is 10.7. The van der Waals surface area contributed by atoms with E-state index in [1.165, 1.54) is 8.80 Å². The Kier molecular flexibility index (Phi) is 9.88. The Morgan fingerprint density at radius 2 is 1.02 bits per heavy atom. The van der Waals surface area contributed by atoms with Gasteiger partial charge in [-0.05, 0) is 61.2 Å². The Bertz CT molecular complexity index is 2490. The fraction of sp³-hybridized carbons (Fsp3) is 0.0541. The van der Waals surface area contributed by atoms with Crippen LogP contribution in [0.25, 0.3) is 56.1 Å². The lowest BCUT2D eigenvalue weighted by Gasteiger charge is -2.08. The Labute approximate surface area is 291 Å². The Morgan fingerprint density at radius 1 is 0.521 bits per heavy atom. The lowest BCUT2D eigenvalue weighted by atomic mass is 10.1. The number of para-hydroxylation sites is 1. The number of pyridine rings is 1. The van der Waals surface area contributed by atoms with Crippen molar-refractivity contribution in [2.24, 2.45) is 0 Å². The van der Waals surface area contributed by atoms with Crippen molar-refractivity contribution in [1.29, 1.82) is 0 Å². The highest BCUT2D eigenvalue weighted by molar-refractivity contribution is 9.10. The molecule has 0 aliphatic carbocycles. The van der Waals surface area contributed by atoms with E-state index < -0.39 is 5.69 Å². The van der Waals surface area contributed by atoms with Crippen LogP contribution in [0.2, 0.25) is 0 Å². The zero-order valence-corrected chi connectivity index (χ0v) is 29.0. The second-order valence-corrected chi connectivity index (χ2v) is 11.6. The van der Waals surface area contributed by atoms with E-state index in [0.29, 0.717) is 27.7 Å². The minimum absolute atomic E-state index is 0.350. The fourth-order valence-electron chi connectivity index (χ4n) is 4.96. The van der Waals surface area contributed by atoms with E-state index in [4.69, 9.17) is 0 Å². The lowest BCUT2D eigenvalue weighted by molar-refractivity contribution is 0.905. The third-order valence-electron chi connectivity index (χ3n) is 7.14. The third-order valence-corrected chi connectivity index (χ3v) is 8.26. The maximum absolute atomic E-state index is 12.5. The molecule has 0 atom stereocenters. The number of hydrogen-bond acceptors (Lipinski definition) is 7. The summed E-state index contributed by atoms with van der Waals surface area (Å²) in [4.78, 5) is 46.6. The number of fused-ring (bicyclic) bond motifs is 4. The van der Waals surface area contributed by atoms with Gasteiger partial charge in [0, 0.05) is 22.7 Å². The molecule has 0 saturated heterocycles. The SMILES string of the molecule is CC.O=c1nc(-c2ccccc2)nc2c(Br)cc(-c3ccccc3)cn12.O=c1nc(-c2ccccc2)nc2c3ccccc3nc(Br)n12. The van der Waals surface area contributed by atoms with Crippen LogP contribution in [0.15, 0.2) is 146 Å². The Balaban J connectivity index is 0.000000160. The summed E-state index contributed by atoms with van der Waals surface area (Å²) in [5.74, 6) is 0.836. The molecule has 48 heavy (non-hydrogen) atoms. The van der Waals surface area contributed by atoms with E-state index in [-0.39, 0.29) is 5.69 Å². The average Bonchev–Trinajstić information content (AvgIpc) is 3.14. The zero-order valence-electron chi connectivity index (χ0n) is 25.8. The maximum Gasteiger partial charge on any atom is 0.357 e. The molecular weight excluding hydrogens is 734 g/mol. The van der Waals surface area contributed by atoms with Gasteiger partial charge in [0.25, 0.3) is 0 Å². The number of nitrogens with zero attached hydrogens (tertiary/aromatic N) is 7. The van der Waals surface area contributed by atoms with Gasteiger partial charge in [-0.25, -0.2) is 33.3 Å². The molecule has 8 aromatic rings. The zero-order chi connectivity index (χ0) is 33.6. The van der Waals surface area contributed by atoms with Crippen LogP contribution in [0.1, 0.15) is 13.8 Å². The van der Waals surface area contributed by atoms with E-state index in [2.05, 4.69) is 56.8 Å². The fourth-order valence-corrected chi connectivity index (χ4v) is 6.00. The predicted molar refractivity (Wildman–Crippen MR) is 197 cm³/mol. The van der Waals surface area contributed by atoms with Gasteiger partial charge in [0.15, 0.2) is 27.7 Å². The quantitative estimate of drug-likeness (QED) is 0.132. The monoisotopic (exact) mass is 759 g/mol. The number of hydrogen-bond donors (Lipinski definition) is 0. The van der Waals surface area contributed by atoms with E-state index >= 15 is 0 Å². The molecule has 8 rings (SSSR count). The predicted octanol–water partition coefficient (Wildman–Crippen LogP) is 8.28. The molecule has 4 aromatic heterocycles. The number of rotatable bonds is 3. The van der Waals surface area contributed by atoms with Gasteiger partial charge in [-0.1, -0.05) is 117 Å². The molecule has 0 N–H and O–H groups in total. The largest absolute Gasteiger partial charge is 0.357 e. The molecule has 0 aliphatic heterocycles. The van der Waals surface area contributed by atoms with Crippen molar-refractivity contribution >= 4 is 54.1 Å². The highest BCUT2D eigenvalue weighted by atomic mass is 79.9. The lowest BCUT2D eigenvalue weighted by Crippen LogP contribution is -2.21. The molecule has 0 saturated carbocycles. The smallest absolute Gasteiger partial charge is 0.250 e. The van der Waals surface area contributed by atoms with Crippen molar-refractivity contribution in [3.8, 4) is 33.9 Å². The van der Waals surface area contributed by atoms with Crippen molar-refractivity contribution in [2.45, 2.75) is 13.8 Å². The first-order valence-corrected chi connectivity index (χ1v) is 16.7. The van der Waals surface area contributed by atoms with Gasteiger partial charge < -0.3 is 0 Å². The van der Waals surface area contributed by atoms with Crippen LogP contribution in [-0.2, 0) is 0 Å². The molecule has 0 aliphatic rings. The number of aromatic nitrogens is 7. The molecule has 236 valence electrons. The van der Waals surface area contributed by atoms with E-state index in [9.17, 15) is 9.59 Å². The van der Waals surface area contributed by atoms with Crippen LogP contribution in [0.3, 0.4) is 0 Å². The van der Waals surface area contributed by atoms with Gasteiger partial charge in [0.2, 0.25) is 0 Å². The van der Waals surface area contributed by atoms with Crippen LogP contribution >= 0.6 is 31.9 Å². The van der Waals surface area contributed by atoms with Crippen molar-refractivity contribution in [1.82, 2.24) is 33.7 Å². The van der Waals surface area contributed by atoms with E-state index in [1.54, 1.807) is 6.20 Å². The standard InChI is InChI=1S/C19H12BrN3O.C16H9BrN4O.C2H6/c20-16-11-15(13-7-3-1-4-8-13)12-23-18(16)21-17(22-19(23)24)14-9-5-2-6-10-14;17-15-18-12-9-5-4-8-11(12)14-19-13(20-16(22)21(14)15)10-6-2-1-3-7-10;1-2/h1-12H;1-9H;1-2H3. The molecule has 4 aromatic carbocycles. The first-order chi connectivity index (χ1) is 23.5. The van der Waals surface area contributed by atoms with Gasteiger partial charge >= 0.3 is 11.4 Å². The highest BCUT2D eigenvalue weighted by Crippen LogP contribution is 2.26. The van der Waals surface area contributed by atoms with Gasteiger partial charge in [0.05, 0.1) is 9.99 Å². The van der Waals surface area contributed by atoms with Crippen LogP contribution in [-0.4, -0.2) is 33.7 Å². The van der Waals surface area contributed by atoms with Crippen molar-refractivity contribution < 1.29 is 0 Å². The summed E-state index contributed by atoms with van der Waals surface area (Å²) in [6, 6.07) is 38.3. The highest BCUT2D eigenvalue weighted by Gasteiger charge is 2.13. The van der Waals surface area contributed by atoms with Crippen molar-refractivity contribution in [3.05, 3.63) is 158 Å². The first kappa shape index (κ1) is 32.5. The van der Waals surface area contributed by atoms with Gasteiger partial charge in [-0.2, -0.15) is 9.97 Å². The summed E-state index contributed by atoms with van der Waals surface area (Å²) in [5, 5.41) is 0.808. The number of benzene rings is 4. The summed E-state index contributed by atoms with van der Waals surface area (Å²) >= 11 is 6.86. The number of halogens is 2. The summed E-state index contributed by atoms with van der Waals surface area (Å²) < 4.78 is 3.99. The maximum atomic E-state index is 12.5. The summed E-state index contributed by atoms with van der Waals surface area (Å²) in [5.41, 5.74) is 4.67. The van der Waals surface area contributed by atoms with Crippen LogP contribution in [0, 0.1) is 0 Å². The van der Waals surface area contributed by atoms with Crippen molar-refractivity contribution in [2.75, 3.05) is 0 Å². The minimum atomic E-state index is -0.408.